The van der Waals surface area contributed by atoms with E-state index in [-0.39, 0.29) is 0 Å². The van der Waals surface area contributed by atoms with Gasteiger partial charge in [0.1, 0.15) is 0 Å². The van der Waals surface area contributed by atoms with Crippen LogP contribution in [0.25, 0.3) is 0 Å². The summed E-state index contributed by atoms with van der Waals surface area (Å²) in [6, 6.07) is 0. The fraction of sp³-hybridized carbons (Fsp3) is 1.00. The van der Waals surface area contributed by atoms with Crippen LogP contribution in [0.15, 0.2) is 0 Å². The molecule has 0 aromatic carbocycles. The summed E-state index contributed by atoms with van der Waals surface area (Å²) in [5, 5.41) is 0. The number of hydrogen-bond donors (Lipinski definition) is 0. The zero-order valence-electron chi connectivity index (χ0n) is 6.49. The first-order valence-corrected chi connectivity index (χ1v) is 18.2. The van der Waals surface area contributed by atoms with Crippen molar-refractivity contribution < 1.29 is 1.88 Å². The van der Waals surface area contributed by atoms with Crippen molar-refractivity contribution in [2.75, 3.05) is 0 Å². The Morgan fingerprint density at radius 1 is 1.12 bits per heavy atom. The van der Waals surface area contributed by atoms with Crippen molar-refractivity contribution >= 4 is 35.5 Å². The molecule has 8 heavy (non-hydrogen) atoms. The van der Waals surface area contributed by atoms with Crippen LogP contribution in [0, 0.1) is 0 Å². The van der Waals surface area contributed by atoms with E-state index >= 15 is 0 Å². The van der Waals surface area contributed by atoms with Gasteiger partial charge in [0.05, 0.1) is 0 Å². The first kappa shape index (κ1) is 9.37. The molecule has 0 aromatic heterocycles. The summed E-state index contributed by atoms with van der Waals surface area (Å²) >= 11 is -2.86. The van der Waals surface area contributed by atoms with Crippen LogP contribution in [0.5, 0.6) is 0 Å². The van der Waals surface area contributed by atoms with E-state index in [4.69, 9.17) is 1.88 Å². The van der Waals surface area contributed by atoms with Crippen LogP contribution in [0.4, 0.5) is 0 Å². The molecule has 0 unspecified atom stereocenters. The van der Waals surface area contributed by atoms with Gasteiger partial charge in [-0.1, -0.05) is 0 Å². The molecule has 0 spiro atoms. The number of rotatable bonds is 2. The second kappa shape index (κ2) is 3.52. The molecule has 0 aliphatic carbocycles. The Hall–Kier alpha value is 1.37. The summed E-state index contributed by atoms with van der Waals surface area (Å²) in [5.74, 6) is 6.91. The fourth-order valence-corrected chi connectivity index (χ4v) is 24.6. The summed E-state index contributed by atoms with van der Waals surface area (Å²) in [6.45, 7) is 0. The molecule has 0 saturated carbocycles. The van der Waals surface area contributed by atoms with E-state index in [1.165, 1.54) is 0 Å². The van der Waals surface area contributed by atoms with Crippen molar-refractivity contribution in [3.63, 3.8) is 0 Å². The molecule has 0 rings (SSSR count). The predicted octanol–water partition coefficient (Wildman–Crippen LogP) is 2.09. The summed E-state index contributed by atoms with van der Waals surface area (Å²) < 4.78 is 10.4. The molecular formula is C5H15GeInO. The molecule has 0 atom stereocenters. The summed E-state index contributed by atoms with van der Waals surface area (Å²) in [5.41, 5.74) is 0. The van der Waals surface area contributed by atoms with Gasteiger partial charge >= 0.3 is 64.0 Å². The van der Waals surface area contributed by atoms with Crippen LogP contribution in [0.1, 0.15) is 0 Å². The van der Waals surface area contributed by atoms with Crippen molar-refractivity contribution in [3.05, 3.63) is 0 Å². The second-order valence-corrected chi connectivity index (χ2v) is 22.1. The van der Waals surface area contributed by atoms with Gasteiger partial charge in [0.2, 0.25) is 0 Å². The molecule has 0 heterocycles. The van der Waals surface area contributed by atoms with Gasteiger partial charge in [-0.05, 0) is 0 Å². The quantitative estimate of drug-likeness (QED) is 0.703. The first-order chi connectivity index (χ1) is 3.42. The van der Waals surface area contributed by atoms with Crippen LogP contribution in [-0.2, 0) is 1.88 Å². The molecule has 0 aromatic rings. The van der Waals surface area contributed by atoms with Crippen LogP contribution in [0.3, 0.4) is 0 Å². The first-order valence-electron chi connectivity index (χ1n) is 3.09. The van der Waals surface area contributed by atoms with Gasteiger partial charge in [-0.3, -0.25) is 0 Å². The molecule has 0 saturated heterocycles. The van der Waals surface area contributed by atoms with E-state index in [9.17, 15) is 0 Å². The Bertz CT molecular complexity index is 67.3. The van der Waals surface area contributed by atoms with E-state index in [2.05, 4.69) is 26.6 Å². The standard InChI is InChI=1S/C3H9GeO.2CH3.In/c1-4(2,3)5;;;/h1-3H3;2*1H3;/q-1;;;+1. The average Bonchev–Trinajstić information content (AvgIpc) is 1.21. The minimum atomic E-state index is -1.56. The molecule has 48 valence electrons. The normalized spacial score (nSPS) is 11.6. The van der Waals surface area contributed by atoms with E-state index < -0.39 is 35.5 Å². The van der Waals surface area contributed by atoms with Crippen molar-refractivity contribution in [1.82, 2.24) is 0 Å². The van der Waals surface area contributed by atoms with Crippen molar-refractivity contribution in [2.45, 2.75) is 26.6 Å². The predicted molar refractivity (Wildman–Crippen MR) is 41.9 cm³/mol. The zero-order valence-corrected chi connectivity index (χ0v) is 11.9. The van der Waals surface area contributed by atoms with Crippen molar-refractivity contribution in [2.24, 2.45) is 0 Å². The van der Waals surface area contributed by atoms with E-state index in [1.54, 1.807) is 0 Å². The van der Waals surface area contributed by atoms with E-state index in [1.807, 2.05) is 0 Å². The maximum atomic E-state index is 5.83. The number of hydrogen-bond acceptors (Lipinski definition) is 1. The molecule has 0 amide bonds. The van der Waals surface area contributed by atoms with Crippen LogP contribution < -0.4 is 0 Å². The molecule has 1 nitrogen and oxygen atoms in total. The molecule has 0 aliphatic heterocycles. The zero-order chi connectivity index (χ0) is 6.78. The van der Waals surface area contributed by atoms with Gasteiger partial charge in [0.15, 0.2) is 0 Å². The van der Waals surface area contributed by atoms with Crippen molar-refractivity contribution in [3.8, 4) is 0 Å². The monoisotopic (exact) mass is 280 g/mol. The third-order valence-electron chi connectivity index (χ3n) is 0.589. The van der Waals surface area contributed by atoms with Crippen molar-refractivity contribution in [1.29, 1.82) is 0 Å². The van der Waals surface area contributed by atoms with Gasteiger partial charge in [-0.25, -0.2) is 0 Å². The molecule has 3 heteroatoms. The molecule has 0 aliphatic rings. The van der Waals surface area contributed by atoms with Gasteiger partial charge in [0.25, 0.3) is 0 Å². The van der Waals surface area contributed by atoms with Gasteiger partial charge < -0.3 is 0 Å². The third kappa shape index (κ3) is 7.37. The Balaban J connectivity index is 3.39. The maximum absolute atomic E-state index is 5.83. The molecular weight excluding hydrogens is 263 g/mol. The van der Waals surface area contributed by atoms with Gasteiger partial charge in [-0.2, -0.15) is 0 Å². The van der Waals surface area contributed by atoms with Gasteiger partial charge in [0, 0.05) is 0 Å². The molecule has 0 N–H and O–H groups in total. The average molecular weight is 279 g/mol. The van der Waals surface area contributed by atoms with Crippen LogP contribution in [0.2, 0.25) is 26.6 Å². The Morgan fingerprint density at radius 3 is 1.50 bits per heavy atom. The molecule has 0 fully saturated rings. The van der Waals surface area contributed by atoms with E-state index in [0.29, 0.717) is 0 Å². The summed E-state index contributed by atoms with van der Waals surface area (Å²) in [4.78, 5) is 0. The van der Waals surface area contributed by atoms with Crippen LogP contribution >= 0.6 is 0 Å². The minimum absolute atomic E-state index is 1.29. The second-order valence-electron chi connectivity index (χ2n) is 3.28. The van der Waals surface area contributed by atoms with E-state index in [0.717, 1.165) is 0 Å². The Kier molecular flexibility index (Phi) is 4.12. The summed E-state index contributed by atoms with van der Waals surface area (Å²) in [7, 11) is 0. The SMILES string of the molecule is [CH3][In]([CH3])[O][Ge]([CH3])([CH3])[CH3]. The van der Waals surface area contributed by atoms with Gasteiger partial charge in [-0.15, -0.1) is 0 Å². The third-order valence-corrected chi connectivity index (χ3v) is 20.5. The fourth-order valence-electron chi connectivity index (χ4n) is 0.707. The molecule has 0 bridgehead atoms. The topological polar surface area (TPSA) is 9.23 Å². The summed E-state index contributed by atoms with van der Waals surface area (Å²) in [6.07, 6.45) is 0. The molecule has 0 radical (unpaired) electrons. The Morgan fingerprint density at radius 2 is 1.50 bits per heavy atom. The Labute approximate surface area is 63.6 Å². The van der Waals surface area contributed by atoms with Crippen LogP contribution in [-0.4, -0.2) is 35.5 Å².